The molecular formula is C22H18Cl2N6O2. The second-order valence-electron chi connectivity index (χ2n) is 6.96. The lowest BCUT2D eigenvalue weighted by molar-refractivity contribution is -0.119. The van der Waals surface area contributed by atoms with E-state index in [0.29, 0.717) is 32.7 Å². The topological polar surface area (TPSA) is 93.8 Å². The molecule has 2 aromatic carbocycles. The van der Waals surface area contributed by atoms with Gasteiger partial charge in [0.15, 0.2) is 0 Å². The van der Waals surface area contributed by atoms with Crippen LogP contribution < -0.4 is 10.6 Å². The SMILES string of the molecule is CC(C(=O)Nc1cccc(NC(=O)c2cnn(-c3ccc(Cl)cc3Cl)c2)c1)n1cccn1. The summed E-state index contributed by atoms with van der Waals surface area (Å²) < 4.78 is 3.06. The minimum atomic E-state index is -0.478. The lowest BCUT2D eigenvalue weighted by atomic mass is 10.2. The predicted molar refractivity (Wildman–Crippen MR) is 124 cm³/mol. The Bertz CT molecular complexity index is 1270. The van der Waals surface area contributed by atoms with E-state index in [-0.39, 0.29) is 11.8 Å². The third-order valence-electron chi connectivity index (χ3n) is 4.69. The van der Waals surface area contributed by atoms with Gasteiger partial charge in [-0.25, -0.2) is 4.68 Å². The van der Waals surface area contributed by atoms with E-state index in [0.717, 1.165) is 0 Å². The first kappa shape index (κ1) is 21.6. The molecule has 8 nitrogen and oxygen atoms in total. The minimum absolute atomic E-state index is 0.224. The van der Waals surface area contributed by atoms with Crippen LogP contribution in [0.25, 0.3) is 5.69 Å². The number of rotatable bonds is 6. The van der Waals surface area contributed by atoms with Crippen molar-refractivity contribution in [3.05, 3.63) is 88.9 Å². The van der Waals surface area contributed by atoms with E-state index < -0.39 is 6.04 Å². The molecule has 0 saturated carbocycles. The number of halogens is 2. The van der Waals surface area contributed by atoms with Crippen molar-refractivity contribution in [2.45, 2.75) is 13.0 Å². The van der Waals surface area contributed by atoms with Gasteiger partial charge in [-0.2, -0.15) is 10.2 Å². The number of benzene rings is 2. The van der Waals surface area contributed by atoms with Crippen LogP contribution in [0.3, 0.4) is 0 Å². The summed E-state index contributed by atoms with van der Waals surface area (Å²) in [5, 5.41) is 14.8. The number of nitrogens with zero attached hydrogens (tertiary/aromatic N) is 4. The van der Waals surface area contributed by atoms with E-state index in [1.807, 2.05) is 0 Å². The van der Waals surface area contributed by atoms with Crippen LogP contribution in [0.2, 0.25) is 10.0 Å². The molecule has 0 aliphatic carbocycles. The van der Waals surface area contributed by atoms with Crippen LogP contribution in [0.15, 0.2) is 73.3 Å². The second kappa shape index (κ2) is 9.25. The summed E-state index contributed by atoms with van der Waals surface area (Å²) in [6, 6.07) is 13.2. The Kier molecular flexibility index (Phi) is 6.25. The average molecular weight is 469 g/mol. The van der Waals surface area contributed by atoms with Crippen LogP contribution in [0.1, 0.15) is 23.3 Å². The lowest BCUT2D eigenvalue weighted by Crippen LogP contribution is -2.24. The fourth-order valence-electron chi connectivity index (χ4n) is 2.99. The summed E-state index contributed by atoms with van der Waals surface area (Å²) in [5.74, 6) is -0.576. The Morgan fingerprint density at radius 1 is 1.00 bits per heavy atom. The maximum Gasteiger partial charge on any atom is 0.258 e. The lowest BCUT2D eigenvalue weighted by Gasteiger charge is -2.13. The fraction of sp³-hybridized carbons (Fsp3) is 0.0909. The van der Waals surface area contributed by atoms with Crippen molar-refractivity contribution in [2.75, 3.05) is 10.6 Å². The van der Waals surface area contributed by atoms with Crippen molar-refractivity contribution in [1.29, 1.82) is 0 Å². The van der Waals surface area contributed by atoms with Crippen molar-refractivity contribution in [2.24, 2.45) is 0 Å². The normalized spacial score (nSPS) is 11.7. The number of hydrogen-bond donors (Lipinski definition) is 2. The highest BCUT2D eigenvalue weighted by atomic mass is 35.5. The van der Waals surface area contributed by atoms with Gasteiger partial charge < -0.3 is 10.6 Å². The second-order valence-corrected chi connectivity index (χ2v) is 7.80. The highest BCUT2D eigenvalue weighted by Crippen LogP contribution is 2.24. The first-order valence-electron chi connectivity index (χ1n) is 9.62. The van der Waals surface area contributed by atoms with E-state index in [4.69, 9.17) is 23.2 Å². The quantitative estimate of drug-likeness (QED) is 0.423. The van der Waals surface area contributed by atoms with Gasteiger partial charge in [0.2, 0.25) is 5.91 Å². The van der Waals surface area contributed by atoms with E-state index in [9.17, 15) is 9.59 Å². The summed E-state index contributed by atoms with van der Waals surface area (Å²) in [6.45, 7) is 1.75. The van der Waals surface area contributed by atoms with Crippen LogP contribution >= 0.6 is 23.2 Å². The van der Waals surface area contributed by atoms with Gasteiger partial charge in [-0.15, -0.1) is 0 Å². The standard InChI is InChI=1S/C22H18Cl2N6O2/c1-14(29-9-3-8-25-29)21(31)27-17-4-2-5-18(11-17)28-22(32)15-12-26-30(13-15)20-7-6-16(23)10-19(20)24/h2-14H,1H3,(H,27,31)(H,28,32). The predicted octanol–water partition coefficient (Wildman–Crippen LogP) is 4.83. The Hall–Kier alpha value is -3.62. The zero-order valence-electron chi connectivity index (χ0n) is 16.9. The van der Waals surface area contributed by atoms with E-state index in [2.05, 4.69) is 20.8 Å². The van der Waals surface area contributed by atoms with Crippen LogP contribution in [-0.4, -0.2) is 31.4 Å². The zero-order valence-corrected chi connectivity index (χ0v) is 18.4. The number of aromatic nitrogens is 4. The molecule has 4 aromatic rings. The summed E-state index contributed by atoms with van der Waals surface area (Å²) >= 11 is 12.1. The molecule has 0 spiro atoms. The Balaban J connectivity index is 1.44. The van der Waals surface area contributed by atoms with Crippen molar-refractivity contribution in [3.8, 4) is 5.69 Å². The van der Waals surface area contributed by atoms with Gasteiger partial charge in [0.1, 0.15) is 6.04 Å². The maximum atomic E-state index is 12.7. The third-order valence-corrected chi connectivity index (χ3v) is 5.23. The highest BCUT2D eigenvalue weighted by Gasteiger charge is 2.16. The molecule has 1 atom stereocenters. The maximum absolute atomic E-state index is 12.7. The van der Waals surface area contributed by atoms with Gasteiger partial charge in [0, 0.05) is 35.0 Å². The molecule has 32 heavy (non-hydrogen) atoms. The van der Waals surface area contributed by atoms with Crippen LogP contribution in [-0.2, 0) is 4.79 Å². The number of nitrogens with one attached hydrogen (secondary N) is 2. The molecule has 2 heterocycles. The zero-order chi connectivity index (χ0) is 22.7. The molecule has 0 fully saturated rings. The van der Waals surface area contributed by atoms with Gasteiger partial charge in [-0.1, -0.05) is 29.3 Å². The molecule has 2 aromatic heterocycles. The van der Waals surface area contributed by atoms with Gasteiger partial charge in [0.05, 0.1) is 22.5 Å². The Morgan fingerprint density at radius 3 is 2.50 bits per heavy atom. The molecule has 0 bridgehead atoms. The minimum Gasteiger partial charge on any atom is -0.324 e. The molecule has 1 unspecified atom stereocenters. The number of hydrogen-bond acceptors (Lipinski definition) is 4. The summed E-state index contributed by atoms with van der Waals surface area (Å²) in [4.78, 5) is 25.1. The summed E-state index contributed by atoms with van der Waals surface area (Å²) in [5.41, 5.74) is 2.02. The van der Waals surface area contributed by atoms with Crippen LogP contribution in [0.5, 0.6) is 0 Å². The molecular weight excluding hydrogens is 451 g/mol. The van der Waals surface area contributed by atoms with Crippen molar-refractivity contribution < 1.29 is 9.59 Å². The first-order chi connectivity index (χ1) is 15.4. The molecule has 0 aliphatic rings. The number of carbonyl (C=O) groups excluding carboxylic acids is 2. The smallest absolute Gasteiger partial charge is 0.258 e. The molecule has 2 N–H and O–H groups in total. The summed E-state index contributed by atoms with van der Waals surface area (Å²) in [7, 11) is 0. The van der Waals surface area contributed by atoms with Crippen molar-refractivity contribution in [3.63, 3.8) is 0 Å². The Morgan fingerprint density at radius 2 is 1.78 bits per heavy atom. The van der Waals surface area contributed by atoms with Gasteiger partial charge in [-0.05, 0) is 49.4 Å². The monoisotopic (exact) mass is 468 g/mol. The summed E-state index contributed by atoms with van der Waals surface area (Å²) in [6.07, 6.45) is 6.35. The molecule has 0 saturated heterocycles. The largest absolute Gasteiger partial charge is 0.324 e. The average Bonchev–Trinajstić information content (AvgIpc) is 3.46. The van der Waals surface area contributed by atoms with Crippen molar-refractivity contribution >= 4 is 46.4 Å². The highest BCUT2D eigenvalue weighted by molar-refractivity contribution is 6.35. The first-order valence-corrected chi connectivity index (χ1v) is 10.4. The molecule has 162 valence electrons. The van der Waals surface area contributed by atoms with E-state index in [1.54, 1.807) is 78.7 Å². The van der Waals surface area contributed by atoms with Gasteiger partial charge >= 0.3 is 0 Å². The molecule has 0 aliphatic heterocycles. The number of carbonyl (C=O) groups is 2. The number of anilines is 2. The molecule has 2 amide bonds. The number of amides is 2. The van der Waals surface area contributed by atoms with Gasteiger partial charge in [0.25, 0.3) is 5.91 Å². The van der Waals surface area contributed by atoms with E-state index >= 15 is 0 Å². The fourth-order valence-corrected chi connectivity index (χ4v) is 3.49. The van der Waals surface area contributed by atoms with Gasteiger partial charge in [-0.3, -0.25) is 14.3 Å². The van der Waals surface area contributed by atoms with Crippen LogP contribution in [0.4, 0.5) is 11.4 Å². The Labute approximate surface area is 193 Å². The third kappa shape index (κ3) is 4.82. The molecule has 0 radical (unpaired) electrons. The van der Waals surface area contributed by atoms with Crippen LogP contribution in [0, 0.1) is 0 Å². The molecule has 10 heteroatoms. The molecule has 4 rings (SSSR count). The van der Waals surface area contributed by atoms with Crippen molar-refractivity contribution in [1.82, 2.24) is 19.6 Å². The van der Waals surface area contributed by atoms with E-state index in [1.165, 1.54) is 10.9 Å².